The molecule has 106 valence electrons. The van der Waals surface area contributed by atoms with Crippen LogP contribution in [0.5, 0.6) is 0 Å². The van der Waals surface area contributed by atoms with Crippen LogP contribution in [0.1, 0.15) is 48.4 Å². The topological polar surface area (TPSA) is 0 Å². The summed E-state index contributed by atoms with van der Waals surface area (Å²) >= 11 is 6.64. The number of alkyl halides is 1. The fourth-order valence-electron chi connectivity index (χ4n) is 2.41. The van der Waals surface area contributed by atoms with E-state index in [-0.39, 0.29) is 16.6 Å². The molecule has 0 N–H and O–H groups in total. The molecule has 2 rings (SSSR count). The highest BCUT2D eigenvalue weighted by Crippen LogP contribution is 2.36. The first-order valence-electron chi connectivity index (χ1n) is 6.80. The highest BCUT2D eigenvalue weighted by Gasteiger charge is 2.22. The fourth-order valence-corrected chi connectivity index (χ4v) is 2.73. The highest BCUT2D eigenvalue weighted by atomic mass is 35.5. The number of hydrogen-bond donors (Lipinski definition) is 0. The summed E-state index contributed by atoms with van der Waals surface area (Å²) in [4.78, 5) is 0. The van der Waals surface area contributed by atoms with E-state index in [1.807, 2.05) is 18.2 Å². The van der Waals surface area contributed by atoms with Crippen molar-refractivity contribution < 1.29 is 4.39 Å². The molecule has 2 aromatic rings. The molecular formula is C18H20ClF. The zero-order valence-electron chi connectivity index (χ0n) is 12.4. The van der Waals surface area contributed by atoms with E-state index < -0.39 is 0 Å². The summed E-state index contributed by atoms with van der Waals surface area (Å²) in [5.74, 6) is -0.193. The lowest BCUT2D eigenvalue weighted by Crippen LogP contribution is -2.15. The normalized spacial score (nSPS) is 13.3. The van der Waals surface area contributed by atoms with Gasteiger partial charge in [0.1, 0.15) is 5.82 Å². The maximum Gasteiger partial charge on any atom is 0.126 e. The second kappa shape index (κ2) is 5.57. The highest BCUT2D eigenvalue weighted by molar-refractivity contribution is 6.22. The summed E-state index contributed by atoms with van der Waals surface area (Å²) in [7, 11) is 0. The van der Waals surface area contributed by atoms with Crippen LogP contribution >= 0.6 is 11.6 Å². The van der Waals surface area contributed by atoms with Gasteiger partial charge >= 0.3 is 0 Å². The average Bonchev–Trinajstić information content (AvgIpc) is 2.40. The molecule has 0 nitrogen and oxygen atoms in total. The van der Waals surface area contributed by atoms with Crippen LogP contribution < -0.4 is 0 Å². The number of rotatable bonds is 2. The van der Waals surface area contributed by atoms with E-state index in [0.29, 0.717) is 5.56 Å². The van der Waals surface area contributed by atoms with Crippen molar-refractivity contribution in [1.82, 2.24) is 0 Å². The molecule has 0 aliphatic carbocycles. The molecule has 2 aromatic carbocycles. The first-order chi connectivity index (χ1) is 9.30. The second-order valence-corrected chi connectivity index (χ2v) is 6.64. The van der Waals surface area contributed by atoms with E-state index in [4.69, 9.17) is 11.6 Å². The van der Waals surface area contributed by atoms with Gasteiger partial charge in [-0.15, -0.1) is 11.6 Å². The van der Waals surface area contributed by atoms with E-state index >= 15 is 0 Å². The van der Waals surface area contributed by atoms with Crippen LogP contribution in [0, 0.1) is 12.7 Å². The van der Waals surface area contributed by atoms with Crippen molar-refractivity contribution in [1.29, 1.82) is 0 Å². The second-order valence-electron chi connectivity index (χ2n) is 6.21. The van der Waals surface area contributed by atoms with Crippen LogP contribution in [-0.2, 0) is 5.41 Å². The van der Waals surface area contributed by atoms with Gasteiger partial charge in [-0.25, -0.2) is 4.39 Å². The molecule has 0 radical (unpaired) electrons. The molecule has 0 saturated carbocycles. The number of aryl methyl sites for hydroxylation is 1. The predicted octanol–water partition coefficient (Wildman–Crippen LogP) is 5.76. The Kier molecular flexibility index (Phi) is 4.19. The van der Waals surface area contributed by atoms with Crippen molar-refractivity contribution >= 4 is 11.6 Å². The van der Waals surface area contributed by atoms with Gasteiger partial charge in [0.25, 0.3) is 0 Å². The summed E-state index contributed by atoms with van der Waals surface area (Å²) in [6.07, 6.45) is 0. The minimum Gasteiger partial charge on any atom is -0.207 e. The number of hydrogen-bond acceptors (Lipinski definition) is 0. The molecule has 0 amide bonds. The van der Waals surface area contributed by atoms with Crippen molar-refractivity contribution in [2.75, 3.05) is 0 Å². The van der Waals surface area contributed by atoms with Gasteiger partial charge in [-0.05, 0) is 40.7 Å². The van der Waals surface area contributed by atoms with E-state index in [9.17, 15) is 4.39 Å². The minimum atomic E-state index is -0.260. The Bertz CT molecular complexity index is 611. The van der Waals surface area contributed by atoms with Crippen LogP contribution in [-0.4, -0.2) is 0 Å². The quantitative estimate of drug-likeness (QED) is 0.617. The average molecular weight is 291 g/mol. The first kappa shape index (κ1) is 15.1. The zero-order valence-corrected chi connectivity index (χ0v) is 13.1. The number of benzene rings is 2. The molecule has 0 saturated heterocycles. The standard InChI is InChI=1S/C18H20ClF/c1-12-11-13(9-10-16(12)20)17(19)14-7-5-6-8-15(14)18(2,3)4/h5-11,17H,1-4H3. The monoisotopic (exact) mass is 290 g/mol. The van der Waals surface area contributed by atoms with Crippen LogP contribution in [0.15, 0.2) is 42.5 Å². The van der Waals surface area contributed by atoms with E-state index in [1.54, 1.807) is 13.0 Å². The van der Waals surface area contributed by atoms with E-state index in [2.05, 4.69) is 32.9 Å². The van der Waals surface area contributed by atoms with Crippen molar-refractivity contribution in [2.24, 2.45) is 0 Å². The van der Waals surface area contributed by atoms with Crippen LogP contribution in [0.3, 0.4) is 0 Å². The largest absolute Gasteiger partial charge is 0.207 e. The Morgan fingerprint density at radius 2 is 1.70 bits per heavy atom. The summed E-state index contributed by atoms with van der Waals surface area (Å²) in [5.41, 5.74) is 3.90. The maximum atomic E-state index is 13.4. The molecule has 0 fully saturated rings. The molecule has 0 aliphatic rings. The summed E-state index contributed by atoms with van der Waals surface area (Å²) < 4.78 is 13.4. The molecule has 0 aliphatic heterocycles. The van der Waals surface area contributed by atoms with E-state index in [0.717, 1.165) is 11.1 Å². The Morgan fingerprint density at radius 3 is 2.30 bits per heavy atom. The van der Waals surface area contributed by atoms with Crippen LogP contribution in [0.2, 0.25) is 0 Å². The maximum absolute atomic E-state index is 13.4. The van der Waals surface area contributed by atoms with E-state index in [1.165, 1.54) is 11.6 Å². The van der Waals surface area contributed by atoms with Gasteiger partial charge in [0.2, 0.25) is 0 Å². The summed E-state index contributed by atoms with van der Waals surface area (Å²) in [6.45, 7) is 8.28. The molecule has 0 aromatic heterocycles. The Balaban J connectivity index is 2.48. The SMILES string of the molecule is Cc1cc(C(Cl)c2ccccc2C(C)(C)C)ccc1F. The molecule has 0 heterocycles. The molecule has 0 bridgehead atoms. The van der Waals surface area contributed by atoms with Crippen molar-refractivity contribution in [2.45, 2.75) is 38.5 Å². The van der Waals surface area contributed by atoms with Crippen molar-refractivity contribution in [3.63, 3.8) is 0 Å². The lowest BCUT2D eigenvalue weighted by Gasteiger charge is -2.25. The molecule has 1 unspecified atom stereocenters. The van der Waals surface area contributed by atoms with Gasteiger partial charge in [0.15, 0.2) is 0 Å². The lowest BCUT2D eigenvalue weighted by molar-refractivity contribution is 0.583. The predicted molar refractivity (Wildman–Crippen MR) is 84.0 cm³/mol. The van der Waals surface area contributed by atoms with Crippen LogP contribution in [0.4, 0.5) is 4.39 Å². The molecule has 2 heteroatoms. The third kappa shape index (κ3) is 3.04. The Labute approximate surface area is 125 Å². The van der Waals surface area contributed by atoms with Gasteiger partial charge in [0.05, 0.1) is 5.38 Å². The van der Waals surface area contributed by atoms with Gasteiger partial charge in [-0.3, -0.25) is 0 Å². The van der Waals surface area contributed by atoms with Crippen molar-refractivity contribution in [3.8, 4) is 0 Å². The molecular weight excluding hydrogens is 271 g/mol. The smallest absolute Gasteiger partial charge is 0.126 e. The first-order valence-corrected chi connectivity index (χ1v) is 7.24. The van der Waals surface area contributed by atoms with Gasteiger partial charge in [0, 0.05) is 0 Å². The number of halogens is 2. The lowest BCUT2D eigenvalue weighted by atomic mass is 9.82. The third-order valence-corrected chi connectivity index (χ3v) is 4.00. The molecule has 1 atom stereocenters. The van der Waals surface area contributed by atoms with Gasteiger partial charge in [-0.1, -0.05) is 57.2 Å². The van der Waals surface area contributed by atoms with Gasteiger partial charge in [-0.2, -0.15) is 0 Å². The molecule has 0 spiro atoms. The summed E-state index contributed by atoms with van der Waals surface area (Å²) in [6, 6.07) is 13.3. The Morgan fingerprint density at radius 1 is 1.05 bits per heavy atom. The third-order valence-electron chi connectivity index (χ3n) is 3.52. The zero-order chi connectivity index (χ0) is 14.9. The summed E-state index contributed by atoms with van der Waals surface area (Å²) in [5, 5.41) is -0.260. The van der Waals surface area contributed by atoms with Crippen molar-refractivity contribution in [3.05, 3.63) is 70.5 Å². The van der Waals surface area contributed by atoms with Crippen LogP contribution in [0.25, 0.3) is 0 Å². The molecule has 20 heavy (non-hydrogen) atoms. The Hall–Kier alpha value is -1.34. The minimum absolute atomic E-state index is 0.0266. The van der Waals surface area contributed by atoms with Gasteiger partial charge < -0.3 is 0 Å². The fraction of sp³-hybridized carbons (Fsp3) is 0.333.